The lowest BCUT2D eigenvalue weighted by Gasteiger charge is -2.16. The van der Waals surface area contributed by atoms with Gasteiger partial charge in [-0.05, 0) is 18.2 Å². The van der Waals surface area contributed by atoms with Crippen LogP contribution in [0.15, 0.2) is 23.1 Å². The van der Waals surface area contributed by atoms with Crippen LogP contribution in [-0.4, -0.2) is 36.8 Å². The quantitative estimate of drug-likeness (QED) is 0.895. The smallest absolute Gasteiger partial charge is 0.262 e. The number of sulfonamides is 1. The highest BCUT2D eigenvalue weighted by molar-refractivity contribution is 7.89. The fraction of sp³-hybridized carbons (Fsp3) is 0.400. The van der Waals surface area contributed by atoms with Gasteiger partial charge in [-0.1, -0.05) is 0 Å². The molecule has 1 aromatic carbocycles. The van der Waals surface area contributed by atoms with Crippen molar-refractivity contribution in [2.75, 3.05) is 13.1 Å². The Kier molecular flexibility index (Phi) is 3.02. The maximum atomic E-state index is 13.1. The van der Waals surface area contributed by atoms with Gasteiger partial charge in [0.15, 0.2) is 11.6 Å². The van der Waals surface area contributed by atoms with Crippen molar-refractivity contribution in [3.63, 3.8) is 0 Å². The summed E-state index contributed by atoms with van der Waals surface area (Å²) in [5, 5.41) is 8.95. The number of phenolic OH excluding ortho intramolecular Hbond substituents is 1. The van der Waals surface area contributed by atoms with Crippen LogP contribution in [0, 0.1) is 5.82 Å². The average molecular weight is 281 g/mol. The molecule has 18 heavy (non-hydrogen) atoms. The van der Waals surface area contributed by atoms with E-state index in [2.05, 4.69) is 0 Å². The molecule has 0 amide bonds. The Morgan fingerprint density at radius 3 is 2.50 bits per heavy atom. The SMILES string of the molecule is O=S(=O)(c1ccc(O)c(F)c1)N1CCC(F)(F)C1. The Hall–Kier alpha value is -1.28. The number of aromatic hydroxyl groups is 1. The van der Waals surface area contributed by atoms with Crippen molar-refractivity contribution in [3.05, 3.63) is 24.0 Å². The second-order valence-electron chi connectivity index (χ2n) is 4.06. The van der Waals surface area contributed by atoms with E-state index < -0.39 is 45.4 Å². The van der Waals surface area contributed by atoms with E-state index in [0.29, 0.717) is 10.4 Å². The third kappa shape index (κ3) is 2.30. The predicted molar refractivity (Wildman–Crippen MR) is 56.4 cm³/mol. The van der Waals surface area contributed by atoms with Crippen LogP contribution in [0.2, 0.25) is 0 Å². The van der Waals surface area contributed by atoms with Crippen molar-refractivity contribution in [2.24, 2.45) is 0 Å². The van der Waals surface area contributed by atoms with Crippen molar-refractivity contribution in [1.29, 1.82) is 0 Å². The third-order valence-electron chi connectivity index (χ3n) is 2.69. The minimum atomic E-state index is -4.15. The lowest BCUT2D eigenvalue weighted by Crippen LogP contribution is -2.31. The van der Waals surface area contributed by atoms with Gasteiger partial charge in [-0.25, -0.2) is 21.6 Å². The van der Waals surface area contributed by atoms with Crippen molar-refractivity contribution in [3.8, 4) is 5.75 Å². The first-order chi connectivity index (χ1) is 8.22. The van der Waals surface area contributed by atoms with Gasteiger partial charge in [-0.15, -0.1) is 0 Å². The Bertz CT molecular complexity index is 574. The molecule has 0 spiro atoms. The van der Waals surface area contributed by atoms with Gasteiger partial charge in [-0.3, -0.25) is 0 Å². The van der Waals surface area contributed by atoms with E-state index in [9.17, 15) is 21.6 Å². The maximum absolute atomic E-state index is 13.1. The molecular formula is C10H10F3NO3S. The molecule has 0 radical (unpaired) electrons. The number of halogens is 3. The molecule has 100 valence electrons. The zero-order valence-corrected chi connectivity index (χ0v) is 9.92. The van der Waals surface area contributed by atoms with Crippen LogP contribution < -0.4 is 0 Å². The van der Waals surface area contributed by atoms with Crippen LogP contribution in [0.5, 0.6) is 5.75 Å². The van der Waals surface area contributed by atoms with E-state index in [1.54, 1.807) is 0 Å². The van der Waals surface area contributed by atoms with Crippen molar-refractivity contribution in [2.45, 2.75) is 17.2 Å². The van der Waals surface area contributed by atoms with Gasteiger partial charge in [0.25, 0.3) is 5.92 Å². The number of alkyl halides is 2. The maximum Gasteiger partial charge on any atom is 0.262 e. The zero-order chi connectivity index (χ0) is 13.6. The molecule has 1 aromatic rings. The number of hydrogen-bond acceptors (Lipinski definition) is 3. The van der Waals surface area contributed by atoms with E-state index in [-0.39, 0.29) is 6.54 Å². The normalized spacial score (nSPS) is 20.2. The van der Waals surface area contributed by atoms with Crippen LogP contribution in [-0.2, 0) is 10.0 Å². The minimum absolute atomic E-state index is 0.308. The number of nitrogens with zero attached hydrogens (tertiary/aromatic N) is 1. The highest BCUT2D eigenvalue weighted by atomic mass is 32.2. The molecule has 1 aliphatic heterocycles. The zero-order valence-electron chi connectivity index (χ0n) is 9.11. The summed E-state index contributed by atoms with van der Waals surface area (Å²) >= 11 is 0. The molecule has 0 aromatic heterocycles. The van der Waals surface area contributed by atoms with E-state index in [0.717, 1.165) is 12.1 Å². The average Bonchev–Trinajstić information content (AvgIpc) is 2.63. The summed E-state index contributed by atoms with van der Waals surface area (Å²) in [7, 11) is -4.15. The van der Waals surface area contributed by atoms with Crippen LogP contribution in [0.4, 0.5) is 13.2 Å². The monoisotopic (exact) mass is 281 g/mol. The highest BCUT2D eigenvalue weighted by Crippen LogP contribution is 2.31. The second kappa shape index (κ2) is 4.13. The summed E-state index contributed by atoms with van der Waals surface area (Å²) in [5.74, 6) is -4.86. The lowest BCUT2D eigenvalue weighted by atomic mass is 10.3. The van der Waals surface area contributed by atoms with Gasteiger partial charge in [0.2, 0.25) is 10.0 Å². The standard InChI is InChI=1S/C10H10F3NO3S/c11-8-5-7(1-2-9(8)15)18(16,17)14-4-3-10(12,13)6-14/h1-2,5,15H,3-4,6H2. The van der Waals surface area contributed by atoms with Gasteiger partial charge in [0, 0.05) is 13.0 Å². The van der Waals surface area contributed by atoms with Gasteiger partial charge < -0.3 is 5.11 Å². The van der Waals surface area contributed by atoms with Crippen LogP contribution in [0.1, 0.15) is 6.42 Å². The summed E-state index contributed by atoms with van der Waals surface area (Å²) in [6.07, 6.45) is -0.549. The van der Waals surface area contributed by atoms with Crippen LogP contribution in [0.3, 0.4) is 0 Å². The van der Waals surface area contributed by atoms with Gasteiger partial charge in [0.05, 0.1) is 11.4 Å². The Morgan fingerprint density at radius 1 is 1.33 bits per heavy atom. The summed E-state index contributed by atoms with van der Waals surface area (Å²) < 4.78 is 63.5. The minimum Gasteiger partial charge on any atom is -0.505 e. The molecule has 8 heteroatoms. The van der Waals surface area contributed by atoms with Crippen LogP contribution >= 0.6 is 0 Å². The molecule has 0 bridgehead atoms. The highest BCUT2D eigenvalue weighted by Gasteiger charge is 2.43. The summed E-state index contributed by atoms with van der Waals surface area (Å²) in [4.78, 5) is -0.449. The summed E-state index contributed by atoms with van der Waals surface area (Å²) in [6.45, 7) is -1.21. The van der Waals surface area contributed by atoms with E-state index in [1.807, 2.05) is 0 Å². The van der Waals surface area contributed by atoms with Gasteiger partial charge >= 0.3 is 0 Å². The van der Waals surface area contributed by atoms with E-state index in [1.165, 1.54) is 0 Å². The lowest BCUT2D eigenvalue weighted by molar-refractivity contribution is 0.0183. The van der Waals surface area contributed by atoms with Crippen LogP contribution in [0.25, 0.3) is 0 Å². The molecule has 0 unspecified atom stereocenters. The Balaban J connectivity index is 2.34. The third-order valence-corrected chi connectivity index (χ3v) is 4.53. The van der Waals surface area contributed by atoms with E-state index >= 15 is 0 Å². The Labute approximate surface area is 102 Å². The largest absolute Gasteiger partial charge is 0.505 e. The molecule has 1 saturated heterocycles. The number of benzene rings is 1. The predicted octanol–water partition coefficient (Wildman–Crippen LogP) is 1.56. The van der Waals surface area contributed by atoms with Crippen molar-refractivity contribution < 1.29 is 26.7 Å². The molecule has 1 heterocycles. The number of phenols is 1. The molecule has 1 fully saturated rings. The van der Waals surface area contributed by atoms with Gasteiger partial charge in [0.1, 0.15) is 0 Å². The van der Waals surface area contributed by atoms with E-state index in [4.69, 9.17) is 5.11 Å². The van der Waals surface area contributed by atoms with Crippen molar-refractivity contribution >= 4 is 10.0 Å². The molecule has 1 N–H and O–H groups in total. The first kappa shape index (κ1) is 13.2. The Morgan fingerprint density at radius 2 is 2.00 bits per heavy atom. The fourth-order valence-corrected chi connectivity index (χ4v) is 3.19. The molecule has 0 saturated carbocycles. The first-order valence-electron chi connectivity index (χ1n) is 5.09. The summed E-state index contributed by atoms with van der Waals surface area (Å²) in [6, 6.07) is 2.46. The topological polar surface area (TPSA) is 57.6 Å². The molecule has 1 aliphatic rings. The first-order valence-corrected chi connectivity index (χ1v) is 6.53. The van der Waals surface area contributed by atoms with Crippen molar-refractivity contribution in [1.82, 2.24) is 4.31 Å². The molecule has 4 nitrogen and oxygen atoms in total. The van der Waals surface area contributed by atoms with Gasteiger partial charge in [-0.2, -0.15) is 4.31 Å². The molecular weight excluding hydrogens is 271 g/mol. The number of hydrogen-bond donors (Lipinski definition) is 1. The molecule has 0 aliphatic carbocycles. The fourth-order valence-electron chi connectivity index (χ4n) is 1.71. The summed E-state index contributed by atoms with van der Waals surface area (Å²) in [5.41, 5.74) is 0. The number of rotatable bonds is 2. The molecule has 2 rings (SSSR count). The molecule has 0 atom stereocenters. The second-order valence-corrected chi connectivity index (χ2v) is 6.00.